The van der Waals surface area contributed by atoms with Gasteiger partial charge in [0.2, 0.25) is 0 Å². The molecule has 11 heteroatoms. The van der Waals surface area contributed by atoms with Crippen LogP contribution >= 0.6 is 0 Å². The van der Waals surface area contributed by atoms with Crippen LogP contribution in [0.5, 0.6) is 11.5 Å². The number of aliphatic hydroxyl groups excluding tert-OH is 1. The summed E-state index contributed by atoms with van der Waals surface area (Å²) in [7, 11) is 1.96. The Morgan fingerprint density at radius 3 is 2.67 bits per heavy atom. The summed E-state index contributed by atoms with van der Waals surface area (Å²) in [5.41, 5.74) is -0.240. The molecule has 2 bridgehead atoms. The van der Waals surface area contributed by atoms with Crippen molar-refractivity contribution in [3.63, 3.8) is 0 Å². The molecule has 0 radical (unpaired) electrons. The number of nitrogens with zero attached hydrogens (tertiary/aromatic N) is 1. The van der Waals surface area contributed by atoms with Crippen molar-refractivity contribution >= 4 is 17.8 Å². The number of nitrogens with one attached hydrogen (secondary N) is 1. The van der Waals surface area contributed by atoms with E-state index in [9.17, 15) is 34.8 Å². The minimum atomic E-state index is -1.66. The largest absolute Gasteiger partial charge is 0.504 e. The van der Waals surface area contributed by atoms with E-state index in [2.05, 4.69) is 10.2 Å². The van der Waals surface area contributed by atoms with E-state index < -0.39 is 53.5 Å². The van der Waals surface area contributed by atoms with E-state index in [4.69, 9.17) is 9.47 Å². The number of likely N-dealkylation sites (tertiary alicyclic amines) is 1. The molecule has 2 aliphatic carbocycles. The normalized spacial score (nSPS) is 29.3. The number of carbonyl (C=O) groups is 3. The highest BCUT2D eigenvalue weighted by molar-refractivity contribution is 5.89. The Bertz CT molecular complexity index is 1430. The van der Waals surface area contributed by atoms with Crippen molar-refractivity contribution in [2.75, 3.05) is 13.6 Å². The molecule has 11 nitrogen and oxygen atoms in total. The van der Waals surface area contributed by atoms with Crippen LogP contribution in [-0.4, -0.2) is 80.6 Å². The number of aromatic hydroxyl groups is 1. The monoisotopic (exact) mass is 550 g/mol. The second kappa shape index (κ2) is 9.33. The quantitative estimate of drug-likeness (QED) is 0.313. The van der Waals surface area contributed by atoms with Gasteiger partial charge >= 0.3 is 11.9 Å². The number of ether oxygens (including phenoxy) is 2. The number of carboxylic acids is 1. The number of phenolic OH excluding ortho intramolecular Hbond substituents is 1. The summed E-state index contributed by atoms with van der Waals surface area (Å²) in [4.78, 5) is 39.6. The van der Waals surface area contributed by atoms with E-state index in [1.165, 1.54) is 12.1 Å². The molecule has 1 spiro atoms. The SMILES string of the molecule is CN1CC[C@]23c4c5ccc(O)c4O[C@H]2C(OC(=O)C[C@H](NC(=O)[C@@H](O)c2ccccc2)C(=O)O)=CC[C@@]3(O)[C@@H]1C5. The number of esters is 1. The van der Waals surface area contributed by atoms with Crippen molar-refractivity contribution < 1.29 is 44.3 Å². The second-order valence-corrected chi connectivity index (χ2v) is 11.0. The van der Waals surface area contributed by atoms with Gasteiger partial charge in [0.15, 0.2) is 23.7 Å². The van der Waals surface area contributed by atoms with Gasteiger partial charge in [-0.3, -0.25) is 9.59 Å². The molecule has 4 aliphatic rings. The first-order chi connectivity index (χ1) is 19.1. The molecule has 210 valence electrons. The van der Waals surface area contributed by atoms with Crippen LogP contribution in [0.4, 0.5) is 0 Å². The van der Waals surface area contributed by atoms with Crippen LogP contribution in [0.1, 0.15) is 42.1 Å². The van der Waals surface area contributed by atoms with E-state index in [0.717, 1.165) is 11.1 Å². The molecule has 2 aromatic rings. The number of aliphatic hydroxyl groups is 2. The second-order valence-electron chi connectivity index (χ2n) is 11.0. The number of carbonyl (C=O) groups excluding carboxylic acids is 2. The molecule has 0 unspecified atom stereocenters. The summed E-state index contributed by atoms with van der Waals surface area (Å²) in [6.45, 7) is 0.652. The predicted octanol–water partition coefficient (Wildman–Crippen LogP) is 0.906. The van der Waals surface area contributed by atoms with Gasteiger partial charge < -0.3 is 40.1 Å². The average molecular weight is 551 g/mol. The lowest BCUT2D eigenvalue weighted by atomic mass is 9.50. The number of aliphatic carboxylic acids is 1. The summed E-state index contributed by atoms with van der Waals surface area (Å²) < 4.78 is 11.9. The highest BCUT2D eigenvalue weighted by Crippen LogP contribution is 2.65. The Balaban J connectivity index is 1.24. The molecular formula is C29H30N2O9. The smallest absolute Gasteiger partial charge is 0.326 e. The molecule has 6 atom stereocenters. The van der Waals surface area contributed by atoms with E-state index in [1.807, 2.05) is 13.1 Å². The summed E-state index contributed by atoms with van der Waals surface area (Å²) in [6.07, 6.45) is -0.413. The molecule has 1 saturated heterocycles. The Labute approximate surface area is 229 Å². The zero-order chi connectivity index (χ0) is 28.4. The fraction of sp³-hybridized carbons (Fsp3) is 0.414. The molecule has 0 aromatic heterocycles. The molecule has 2 heterocycles. The lowest BCUT2D eigenvalue weighted by Crippen LogP contribution is -2.74. The minimum absolute atomic E-state index is 0.0708. The van der Waals surface area contributed by atoms with Gasteiger partial charge in [0, 0.05) is 18.0 Å². The number of phenols is 1. The highest BCUT2D eigenvalue weighted by Gasteiger charge is 2.72. The fourth-order valence-electron chi connectivity index (χ4n) is 7.01. The van der Waals surface area contributed by atoms with Crippen LogP contribution in [-0.2, 0) is 31.0 Å². The van der Waals surface area contributed by atoms with Gasteiger partial charge in [-0.15, -0.1) is 0 Å². The molecule has 1 amide bonds. The third-order valence-electron chi connectivity index (χ3n) is 8.93. The predicted molar refractivity (Wildman–Crippen MR) is 138 cm³/mol. The number of amides is 1. The first kappa shape index (κ1) is 26.3. The topological polar surface area (TPSA) is 166 Å². The lowest BCUT2D eigenvalue weighted by molar-refractivity contribution is -0.169. The molecule has 6 rings (SSSR count). The number of likely N-dealkylation sites (N-methyl/N-ethyl adjacent to an activating group) is 1. The third kappa shape index (κ3) is 3.72. The lowest BCUT2D eigenvalue weighted by Gasteiger charge is -2.61. The van der Waals surface area contributed by atoms with Crippen molar-refractivity contribution in [1.82, 2.24) is 10.2 Å². The van der Waals surface area contributed by atoms with Crippen molar-refractivity contribution in [1.29, 1.82) is 0 Å². The van der Waals surface area contributed by atoms with Gasteiger partial charge in [0.05, 0.1) is 17.4 Å². The molecule has 40 heavy (non-hydrogen) atoms. The summed E-state index contributed by atoms with van der Waals surface area (Å²) in [5, 5.41) is 45.0. The van der Waals surface area contributed by atoms with Gasteiger partial charge in [-0.25, -0.2) is 4.79 Å². The maximum atomic E-state index is 13.0. The van der Waals surface area contributed by atoms with Gasteiger partial charge in [0.1, 0.15) is 11.8 Å². The van der Waals surface area contributed by atoms with E-state index in [-0.39, 0.29) is 35.3 Å². The maximum absolute atomic E-state index is 13.0. The summed E-state index contributed by atoms with van der Waals surface area (Å²) in [6, 6.07) is 9.52. The number of piperidine rings is 1. The van der Waals surface area contributed by atoms with Crippen LogP contribution in [0.15, 0.2) is 54.3 Å². The van der Waals surface area contributed by atoms with Crippen molar-refractivity contribution in [3.8, 4) is 11.5 Å². The number of hydrogen-bond acceptors (Lipinski definition) is 9. The molecule has 2 aliphatic heterocycles. The molecule has 0 saturated carbocycles. The van der Waals surface area contributed by atoms with Crippen LogP contribution < -0.4 is 10.1 Å². The first-order valence-corrected chi connectivity index (χ1v) is 13.2. The maximum Gasteiger partial charge on any atom is 0.326 e. The van der Waals surface area contributed by atoms with Crippen LogP contribution in [0.25, 0.3) is 0 Å². The number of hydrogen-bond donors (Lipinski definition) is 5. The van der Waals surface area contributed by atoms with Crippen LogP contribution in [0.2, 0.25) is 0 Å². The van der Waals surface area contributed by atoms with Crippen molar-refractivity contribution in [3.05, 3.63) is 71.0 Å². The summed E-state index contributed by atoms with van der Waals surface area (Å²) >= 11 is 0. The van der Waals surface area contributed by atoms with E-state index >= 15 is 0 Å². The van der Waals surface area contributed by atoms with E-state index in [0.29, 0.717) is 19.4 Å². The number of benzene rings is 2. The van der Waals surface area contributed by atoms with E-state index in [1.54, 1.807) is 30.3 Å². The fourth-order valence-corrected chi connectivity index (χ4v) is 7.01. The van der Waals surface area contributed by atoms with Crippen molar-refractivity contribution in [2.45, 2.75) is 61.0 Å². The number of carboxylic acid groups (broad SMARTS) is 1. The Morgan fingerprint density at radius 2 is 1.95 bits per heavy atom. The Morgan fingerprint density at radius 1 is 1.20 bits per heavy atom. The molecule has 1 fully saturated rings. The van der Waals surface area contributed by atoms with Gasteiger partial charge in [0.25, 0.3) is 5.91 Å². The third-order valence-corrected chi connectivity index (χ3v) is 8.93. The number of rotatable bonds is 7. The minimum Gasteiger partial charge on any atom is -0.504 e. The Kier molecular flexibility index (Phi) is 6.13. The summed E-state index contributed by atoms with van der Waals surface area (Å²) in [5.74, 6) is -3.05. The van der Waals surface area contributed by atoms with Crippen molar-refractivity contribution in [2.24, 2.45) is 0 Å². The molecule has 5 N–H and O–H groups in total. The molecule has 2 aromatic carbocycles. The Hall–Kier alpha value is -3.93. The molecular weight excluding hydrogens is 520 g/mol. The standard InChI is InChI=1S/C29H30N2O9/c1-31-12-11-28-22-16-7-8-18(32)24(22)40-25(28)19(9-10-29(28,38)20(31)13-16)39-21(33)14-17(27(36)37)30-26(35)23(34)15-5-3-2-4-6-15/h2-9,17,20,23,25,32,34,38H,10-14H2,1H3,(H,30,35)(H,36,37)/t17-,20-,23-,25-,28-,29+/m0/s1. The van der Waals surface area contributed by atoms with Gasteiger partial charge in [-0.05, 0) is 49.7 Å². The zero-order valence-electron chi connectivity index (χ0n) is 21.7. The van der Waals surface area contributed by atoms with Gasteiger partial charge in [-0.1, -0.05) is 36.4 Å². The average Bonchev–Trinajstić information content (AvgIpc) is 3.29. The highest BCUT2D eigenvalue weighted by atomic mass is 16.6. The van der Waals surface area contributed by atoms with Gasteiger partial charge in [-0.2, -0.15) is 0 Å². The van der Waals surface area contributed by atoms with Crippen LogP contribution in [0, 0.1) is 0 Å². The zero-order valence-corrected chi connectivity index (χ0v) is 21.7. The first-order valence-electron chi connectivity index (χ1n) is 13.2. The van der Waals surface area contributed by atoms with Crippen LogP contribution in [0.3, 0.4) is 0 Å².